The molecule has 4 heteroatoms. The van der Waals surface area contributed by atoms with Crippen molar-refractivity contribution in [3.63, 3.8) is 0 Å². The number of dihydropyridines is 1. The number of nitrogens with zero attached hydrogens (tertiary/aromatic N) is 1. The molecule has 1 aromatic carbocycles. The fourth-order valence-corrected chi connectivity index (χ4v) is 5.20. The zero-order valence-electron chi connectivity index (χ0n) is 18.7. The Balaban J connectivity index is 1.98. The summed E-state index contributed by atoms with van der Waals surface area (Å²) >= 11 is 0. The van der Waals surface area contributed by atoms with Crippen LogP contribution in [0.2, 0.25) is 0 Å². The molecule has 4 rings (SSSR count). The van der Waals surface area contributed by atoms with Crippen molar-refractivity contribution < 1.29 is 0 Å². The first-order valence-electron chi connectivity index (χ1n) is 11.1. The van der Waals surface area contributed by atoms with E-state index in [-0.39, 0.29) is 5.41 Å². The number of rotatable bonds is 7. The molecule has 2 heterocycles. The molecule has 1 unspecified atom stereocenters. The van der Waals surface area contributed by atoms with Gasteiger partial charge in [-0.05, 0) is 80.6 Å². The molecule has 3 N–H and O–H groups in total. The van der Waals surface area contributed by atoms with E-state index in [1.807, 2.05) is 7.05 Å². The van der Waals surface area contributed by atoms with Gasteiger partial charge in [-0.25, -0.2) is 0 Å². The van der Waals surface area contributed by atoms with E-state index < -0.39 is 0 Å². The van der Waals surface area contributed by atoms with Crippen LogP contribution in [-0.2, 0) is 5.41 Å². The van der Waals surface area contributed by atoms with E-state index in [0.717, 1.165) is 30.2 Å². The van der Waals surface area contributed by atoms with Gasteiger partial charge in [0.1, 0.15) is 0 Å². The minimum Gasteiger partial charge on any atom is -0.386 e. The third-order valence-electron chi connectivity index (χ3n) is 7.13. The predicted molar refractivity (Wildman–Crippen MR) is 130 cm³/mol. The van der Waals surface area contributed by atoms with Crippen molar-refractivity contribution in [3.8, 4) is 0 Å². The molecule has 1 aliphatic carbocycles. The quantitative estimate of drug-likeness (QED) is 0.554. The Bertz CT molecular complexity index is 975. The second-order valence-electron chi connectivity index (χ2n) is 8.82. The number of nitrogens with one attached hydrogen (secondary N) is 3. The standard InChI is InChI=1S/C26H34N4/c1-6-28-25-21(26(4,20-10-9-11-20)23-12-7-8-13-29-23)14-19(15-22(25)27-5)24-17(2)16-30-18(24)3/h6-8,12,14-15,20,27-29H,1,9-11,13,16H2,2-5H3. The van der Waals surface area contributed by atoms with Gasteiger partial charge >= 0.3 is 0 Å². The van der Waals surface area contributed by atoms with Crippen molar-refractivity contribution in [1.29, 1.82) is 0 Å². The Morgan fingerprint density at radius 3 is 2.60 bits per heavy atom. The fraction of sp³-hybridized carbons (Fsp3) is 0.423. The molecule has 1 atom stereocenters. The average molecular weight is 403 g/mol. The van der Waals surface area contributed by atoms with Crippen LogP contribution in [0.15, 0.2) is 59.4 Å². The van der Waals surface area contributed by atoms with Crippen LogP contribution >= 0.6 is 0 Å². The molecule has 0 radical (unpaired) electrons. The van der Waals surface area contributed by atoms with Crippen molar-refractivity contribution in [2.45, 2.75) is 45.4 Å². The van der Waals surface area contributed by atoms with E-state index in [1.165, 1.54) is 47.2 Å². The molecular weight excluding hydrogens is 368 g/mol. The highest BCUT2D eigenvalue weighted by Crippen LogP contribution is 2.52. The van der Waals surface area contributed by atoms with Gasteiger partial charge in [-0.1, -0.05) is 25.2 Å². The van der Waals surface area contributed by atoms with E-state index in [2.05, 4.69) is 73.7 Å². The second-order valence-corrected chi connectivity index (χ2v) is 8.82. The summed E-state index contributed by atoms with van der Waals surface area (Å²) in [6.07, 6.45) is 12.2. The van der Waals surface area contributed by atoms with Gasteiger partial charge in [-0.3, -0.25) is 4.99 Å². The number of anilines is 2. The highest BCUT2D eigenvalue weighted by atomic mass is 14.9. The molecule has 4 nitrogen and oxygen atoms in total. The lowest BCUT2D eigenvalue weighted by Gasteiger charge is -2.46. The van der Waals surface area contributed by atoms with Crippen LogP contribution in [0.1, 0.15) is 51.2 Å². The van der Waals surface area contributed by atoms with E-state index in [4.69, 9.17) is 4.99 Å². The lowest BCUT2D eigenvalue weighted by atomic mass is 9.60. The summed E-state index contributed by atoms with van der Waals surface area (Å²) in [5.74, 6) is 0.612. The van der Waals surface area contributed by atoms with Crippen LogP contribution in [0.3, 0.4) is 0 Å². The molecule has 0 bridgehead atoms. The predicted octanol–water partition coefficient (Wildman–Crippen LogP) is 5.63. The Morgan fingerprint density at radius 1 is 1.27 bits per heavy atom. The molecule has 1 fully saturated rings. The maximum atomic E-state index is 4.69. The molecule has 0 amide bonds. The van der Waals surface area contributed by atoms with Crippen LogP contribution < -0.4 is 16.0 Å². The SMILES string of the molecule is C=CNc1c(NC)cc(C2=C(C)CN=C2C)cc1C(C)(C1=CC=CCN1)C1CCC1. The first-order valence-corrected chi connectivity index (χ1v) is 11.1. The lowest BCUT2D eigenvalue weighted by Crippen LogP contribution is -2.44. The molecular formula is C26H34N4. The molecule has 3 aliphatic rings. The van der Waals surface area contributed by atoms with Gasteiger partial charge in [0.2, 0.25) is 0 Å². The van der Waals surface area contributed by atoms with Crippen molar-refractivity contribution >= 4 is 22.7 Å². The van der Waals surface area contributed by atoms with Gasteiger partial charge in [0.15, 0.2) is 0 Å². The summed E-state index contributed by atoms with van der Waals surface area (Å²) in [4.78, 5) is 4.69. The summed E-state index contributed by atoms with van der Waals surface area (Å²) in [5, 5.41) is 10.6. The van der Waals surface area contributed by atoms with Gasteiger partial charge in [0.05, 0.1) is 17.9 Å². The first-order chi connectivity index (χ1) is 14.5. The zero-order valence-corrected chi connectivity index (χ0v) is 18.7. The Morgan fingerprint density at radius 2 is 2.07 bits per heavy atom. The highest BCUT2D eigenvalue weighted by molar-refractivity contribution is 6.25. The molecule has 1 saturated carbocycles. The highest BCUT2D eigenvalue weighted by Gasteiger charge is 2.44. The normalized spacial score (nSPS) is 20.7. The van der Waals surface area contributed by atoms with Crippen molar-refractivity contribution in [2.75, 3.05) is 30.8 Å². The van der Waals surface area contributed by atoms with Crippen LogP contribution in [0, 0.1) is 5.92 Å². The fourth-order valence-electron chi connectivity index (χ4n) is 5.20. The van der Waals surface area contributed by atoms with Gasteiger partial charge in [0.25, 0.3) is 0 Å². The van der Waals surface area contributed by atoms with Gasteiger partial charge in [0, 0.05) is 36.0 Å². The number of allylic oxidation sites excluding steroid dienone is 4. The Hall–Kier alpha value is -2.75. The number of aliphatic imine (C=N–C) groups is 1. The zero-order chi connectivity index (χ0) is 21.3. The number of benzene rings is 1. The topological polar surface area (TPSA) is 48.5 Å². The summed E-state index contributed by atoms with van der Waals surface area (Å²) in [6, 6.07) is 4.65. The maximum absolute atomic E-state index is 4.69. The number of hydrogen-bond donors (Lipinski definition) is 3. The average Bonchev–Trinajstić information content (AvgIpc) is 3.05. The Kier molecular flexibility index (Phi) is 5.59. The minimum atomic E-state index is -0.103. The van der Waals surface area contributed by atoms with Gasteiger partial charge < -0.3 is 16.0 Å². The smallest absolute Gasteiger partial charge is 0.0657 e. The maximum Gasteiger partial charge on any atom is 0.0657 e. The van der Waals surface area contributed by atoms with Crippen LogP contribution in [-0.4, -0.2) is 25.8 Å². The van der Waals surface area contributed by atoms with Crippen LogP contribution in [0.4, 0.5) is 11.4 Å². The monoisotopic (exact) mass is 402 g/mol. The summed E-state index contributed by atoms with van der Waals surface area (Å²) in [7, 11) is 2.00. The van der Waals surface area contributed by atoms with Gasteiger partial charge in [-0.15, -0.1) is 0 Å². The third-order valence-corrected chi connectivity index (χ3v) is 7.13. The molecule has 1 aromatic rings. The van der Waals surface area contributed by atoms with Crippen LogP contribution in [0.25, 0.3) is 5.57 Å². The molecule has 158 valence electrons. The summed E-state index contributed by atoms with van der Waals surface area (Å²) < 4.78 is 0. The van der Waals surface area contributed by atoms with Gasteiger partial charge in [-0.2, -0.15) is 0 Å². The Labute approximate surface area is 180 Å². The minimum absolute atomic E-state index is 0.103. The molecule has 0 saturated heterocycles. The number of hydrogen-bond acceptors (Lipinski definition) is 4. The third kappa shape index (κ3) is 3.28. The van der Waals surface area contributed by atoms with E-state index >= 15 is 0 Å². The molecule has 0 aromatic heterocycles. The lowest BCUT2D eigenvalue weighted by molar-refractivity contribution is 0.201. The van der Waals surface area contributed by atoms with Crippen LogP contribution in [0.5, 0.6) is 0 Å². The van der Waals surface area contributed by atoms with Crippen molar-refractivity contribution in [2.24, 2.45) is 10.9 Å². The van der Waals surface area contributed by atoms with E-state index in [1.54, 1.807) is 6.20 Å². The van der Waals surface area contributed by atoms with E-state index in [0.29, 0.717) is 5.92 Å². The largest absolute Gasteiger partial charge is 0.386 e. The second kappa shape index (κ2) is 8.17. The first kappa shape index (κ1) is 20.5. The van der Waals surface area contributed by atoms with Crippen molar-refractivity contribution in [1.82, 2.24) is 5.32 Å². The summed E-state index contributed by atoms with van der Waals surface area (Å²) in [5.41, 5.74) is 9.76. The van der Waals surface area contributed by atoms with Crippen molar-refractivity contribution in [3.05, 3.63) is 65.5 Å². The van der Waals surface area contributed by atoms with E-state index in [9.17, 15) is 0 Å². The molecule has 30 heavy (non-hydrogen) atoms. The summed E-state index contributed by atoms with van der Waals surface area (Å²) in [6.45, 7) is 12.4. The molecule has 2 aliphatic heterocycles. The molecule has 0 spiro atoms.